The summed E-state index contributed by atoms with van der Waals surface area (Å²) in [6, 6.07) is 18.1. The van der Waals surface area contributed by atoms with Crippen LogP contribution >= 0.6 is 0 Å². The number of nitrogens with zero attached hydrogens (tertiary/aromatic N) is 5. The van der Waals surface area contributed by atoms with Crippen molar-refractivity contribution in [2.45, 2.75) is 13.5 Å². The first kappa shape index (κ1) is 18.1. The van der Waals surface area contributed by atoms with E-state index in [0.717, 1.165) is 16.6 Å². The van der Waals surface area contributed by atoms with Gasteiger partial charge in [-0.1, -0.05) is 17.3 Å². The molecule has 0 aliphatic carbocycles. The summed E-state index contributed by atoms with van der Waals surface area (Å²) in [5.41, 5.74) is 3.36. The van der Waals surface area contributed by atoms with Gasteiger partial charge in [-0.3, -0.25) is 4.79 Å². The molecule has 4 aromatic rings. The lowest BCUT2D eigenvalue weighted by atomic mass is 10.2. The van der Waals surface area contributed by atoms with E-state index in [1.807, 2.05) is 37.3 Å². The molecular formula is C21H16N6O2. The number of ether oxygens (including phenoxy) is 1. The van der Waals surface area contributed by atoms with Crippen LogP contribution < -0.4 is 10.1 Å². The average molecular weight is 384 g/mol. The van der Waals surface area contributed by atoms with Crippen molar-refractivity contribution in [1.82, 2.24) is 20.0 Å². The fraction of sp³-hybridized carbons (Fsp3) is 0.0952. The van der Waals surface area contributed by atoms with Crippen molar-refractivity contribution in [2.24, 2.45) is 0 Å². The lowest BCUT2D eigenvalue weighted by Gasteiger charge is -2.11. The summed E-state index contributed by atoms with van der Waals surface area (Å²) in [7, 11) is 0. The van der Waals surface area contributed by atoms with Gasteiger partial charge in [0.25, 0.3) is 0 Å². The third-order valence-electron chi connectivity index (χ3n) is 4.29. The lowest BCUT2D eigenvalue weighted by Crippen LogP contribution is -2.20. The Morgan fingerprint density at radius 2 is 2.07 bits per heavy atom. The number of nitriles is 1. The first-order valence-electron chi connectivity index (χ1n) is 8.86. The molecule has 0 bridgehead atoms. The zero-order valence-corrected chi connectivity index (χ0v) is 15.5. The highest BCUT2D eigenvalue weighted by Crippen LogP contribution is 2.26. The Morgan fingerprint density at radius 1 is 1.21 bits per heavy atom. The van der Waals surface area contributed by atoms with Crippen LogP contribution in [0.4, 0.5) is 5.69 Å². The number of rotatable bonds is 5. The molecule has 0 spiro atoms. The maximum Gasteiger partial charge on any atom is 0.246 e. The van der Waals surface area contributed by atoms with Gasteiger partial charge in [0, 0.05) is 11.9 Å². The fourth-order valence-electron chi connectivity index (χ4n) is 2.87. The van der Waals surface area contributed by atoms with Crippen molar-refractivity contribution < 1.29 is 9.53 Å². The van der Waals surface area contributed by atoms with Gasteiger partial charge in [-0.05, 0) is 55.0 Å². The van der Waals surface area contributed by atoms with E-state index in [4.69, 9.17) is 10.00 Å². The molecule has 8 nitrogen and oxygen atoms in total. The summed E-state index contributed by atoms with van der Waals surface area (Å²) in [4.78, 5) is 16.5. The molecular weight excluding hydrogens is 368 g/mol. The number of hydrogen-bond donors (Lipinski definition) is 1. The molecule has 8 heteroatoms. The van der Waals surface area contributed by atoms with E-state index in [9.17, 15) is 4.79 Å². The molecule has 0 fully saturated rings. The molecule has 4 rings (SSSR count). The number of pyridine rings is 1. The first-order valence-corrected chi connectivity index (χ1v) is 8.86. The van der Waals surface area contributed by atoms with Crippen molar-refractivity contribution in [3.8, 4) is 17.7 Å². The van der Waals surface area contributed by atoms with E-state index in [0.29, 0.717) is 17.0 Å². The SMILES string of the molecule is Cc1cc(Oc2ncccc2C#N)ccc1NC(=O)Cn1nnc2ccccc21. The topological polar surface area (TPSA) is 106 Å². The highest BCUT2D eigenvalue weighted by atomic mass is 16.5. The van der Waals surface area contributed by atoms with Crippen LogP contribution in [0.3, 0.4) is 0 Å². The number of carbonyl (C=O) groups excluding carboxylic acids is 1. The van der Waals surface area contributed by atoms with Crippen LogP contribution in [0, 0.1) is 18.3 Å². The normalized spacial score (nSPS) is 10.5. The van der Waals surface area contributed by atoms with E-state index >= 15 is 0 Å². The second-order valence-corrected chi connectivity index (χ2v) is 6.33. The molecule has 2 heterocycles. The fourth-order valence-corrected chi connectivity index (χ4v) is 2.87. The van der Waals surface area contributed by atoms with Crippen LogP contribution in [0.25, 0.3) is 11.0 Å². The van der Waals surface area contributed by atoms with E-state index in [1.165, 1.54) is 0 Å². The van der Waals surface area contributed by atoms with Crippen LogP contribution in [-0.4, -0.2) is 25.9 Å². The number of benzene rings is 2. The Kier molecular flexibility index (Phi) is 4.86. The minimum Gasteiger partial charge on any atom is -0.438 e. The van der Waals surface area contributed by atoms with Gasteiger partial charge in [0.05, 0.1) is 5.52 Å². The number of amides is 1. The molecule has 0 atom stereocenters. The van der Waals surface area contributed by atoms with Gasteiger partial charge >= 0.3 is 0 Å². The number of aryl methyl sites for hydroxylation is 1. The van der Waals surface area contributed by atoms with E-state index in [-0.39, 0.29) is 18.3 Å². The third kappa shape index (κ3) is 3.89. The number of fused-ring (bicyclic) bond motifs is 1. The number of aromatic nitrogens is 4. The minimum atomic E-state index is -0.214. The van der Waals surface area contributed by atoms with Gasteiger partial charge < -0.3 is 10.1 Å². The Labute approximate surface area is 166 Å². The number of anilines is 1. The molecule has 0 aliphatic rings. The Hall–Kier alpha value is -4.25. The van der Waals surface area contributed by atoms with E-state index in [2.05, 4.69) is 20.6 Å². The summed E-state index contributed by atoms with van der Waals surface area (Å²) < 4.78 is 7.26. The number of hydrogen-bond acceptors (Lipinski definition) is 6. The van der Waals surface area contributed by atoms with Crippen LogP contribution in [0.5, 0.6) is 11.6 Å². The first-order chi connectivity index (χ1) is 14.1. The summed E-state index contributed by atoms with van der Waals surface area (Å²) in [5.74, 6) is 0.552. The smallest absolute Gasteiger partial charge is 0.246 e. The molecule has 0 aliphatic heterocycles. The molecule has 1 amide bonds. The number of nitrogens with one attached hydrogen (secondary N) is 1. The van der Waals surface area contributed by atoms with Gasteiger partial charge in [0.15, 0.2) is 0 Å². The Bertz CT molecular complexity index is 1240. The van der Waals surface area contributed by atoms with Gasteiger partial charge in [0.1, 0.15) is 29.4 Å². The number of para-hydroxylation sites is 1. The maximum atomic E-state index is 12.5. The second kappa shape index (κ2) is 7.78. The summed E-state index contributed by atoms with van der Waals surface area (Å²) >= 11 is 0. The van der Waals surface area contributed by atoms with Gasteiger partial charge in [-0.2, -0.15) is 5.26 Å². The summed E-state index contributed by atoms with van der Waals surface area (Å²) in [5, 5.41) is 20.1. The molecule has 0 saturated carbocycles. The second-order valence-electron chi connectivity index (χ2n) is 6.33. The molecule has 0 unspecified atom stereocenters. The van der Waals surface area contributed by atoms with Crippen molar-refractivity contribution >= 4 is 22.6 Å². The van der Waals surface area contributed by atoms with E-state index < -0.39 is 0 Å². The van der Waals surface area contributed by atoms with E-state index in [1.54, 1.807) is 41.2 Å². The van der Waals surface area contributed by atoms with Crippen molar-refractivity contribution in [3.05, 3.63) is 71.9 Å². The largest absolute Gasteiger partial charge is 0.438 e. The van der Waals surface area contributed by atoms with Crippen LogP contribution in [-0.2, 0) is 11.3 Å². The molecule has 142 valence electrons. The Balaban J connectivity index is 1.47. The van der Waals surface area contributed by atoms with Crippen molar-refractivity contribution in [3.63, 3.8) is 0 Å². The zero-order valence-electron chi connectivity index (χ0n) is 15.5. The molecule has 2 aromatic heterocycles. The lowest BCUT2D eigenvalue weighted by molar-refractivity contribution is -0.116. The number of carbonyl (C=O) groups is 1. The maximum absolute atomic E-state index is 12.5. The highest BCUT2D eigenvalue weighted by Gasteiger charge is 2.11. The van der Waals surface area contributed by atoms with Gasteiger partial charge in [0.2, 0.25) is 11.8 Å². The van der Waals surface area contributed by atoms with Crippen LogP contribution in [0.15, 0.2) is 60.8 Å². The molecule has 0 saturated heterocycles. The molecule has 29 heavy (non-hydrogen) atoms. The quantitative estimate of drug-likeness (QED) is 0.565. The zero-order chi connectivity index (χ0) is 20.2. The van der Waals surface area contributed by atoms with Crippen LogP contribution in [0.2, 0.25) is 0 Å². The molecule has 2 aromatic carbocycles. The highest BCUT2D eigenvalue weighted by molar-refractivity contribution is 5.92. The average Bonchev–Trinajstić information content (AvgIpc) is 3.13. The third-order valence-corrected chi connectivity index (χ3v) is 4.29. The summed E-state index contributed by atoms with van der Waals surface area (Å²) in [6.07, 6.45) is 1.56. The van der Waals surface area contributed by atoms with Crippen LogP contribution in [0.1, 0.15) is 11.1 Å². The standard InChI is InChI=1S/C21H16N6O2/c1-14-11-16(29-21-15(12-22)5-4-10-23-21)8-9-17(14)24-20(28)13-27-19-7-3-2-6-18(19)25-26-27/h2-11H,13H2,1H3,(H,24,28). The van der Waals surface area contributed by atoms with Gasteiger partial charge in [-0.15, -0.1) is 5.10 Å². The monoisotopic (exact) mass is 384 g/mol. The predicted octanol–water partition coefficient (Wildman–Crippen LogP) is 3.44. The molecule has 0 radical (unpaired) electrons. The Morgan fingerprint density at radius 3 is 2.90 bits per heavy atom. The predicted molar refractivity (Wildman–Crippen MR) is 106 cm³/mol. The molecule has 1 N–H and O–H groups in total. The van der Waals surface area contributed by atoms with Crippen molar-refractivity contribution in [1.29, 1.82) is 5.26 Å². The van der Waals surface area contributed by atoms with Crippen molar-refractivity contribution in [2.75, 3.05) is 5.32 Å². The minimum absolute atomic E-state index is 0.0532. The van der Waals surface area contributed by atoms with Gasteiger partial charge in [-0.25, -0.2) is 9.67 Å². The summed E-state index contributed by atoms with van der Waals surface area (Å²) in [6.45, 7) is 1.91.